The second-order valence-corrected chi connectivity index (χ2v) is 8.52. The van der Waals surface area contributed by atoms with Crippen LogP contribution in [0.4, 0.5) is 22.5 Å². The average molecular weight is 422 g/mol. The topological polar surface area (TPSA) is 90.2 Å². The molecule has 154 valence electrons. The van der Waals surface area contributed by atoms with Gasteiger partial charge in [0.25, 0.3) is 0 Å². The Hall–Kier alpha value is -2.96. The van der Waals surface area contributed by atoms with Gasteiger partial charge in [-0.1, -0.05) is 11.3 Å². The Labute approximate surface area is 179 Å². The number of hydrogen-bond acceptors (Lipinski definition) is 9. The van der Waals surface area contributed by atoms with Crippen LogP contribution in [-0.2, 0) is 4.74 Å². The molecule has 5 rings (SSSR count). The molecular formula is C21H23N7OS. The molecule has 0 spiro atoms. The van der Waals surface area contributed by atoms with Crippen molar-refractivity contribution < 1.29 is 4.74 Å². The van der Waals surface area contributed by atoms with Gasteiger partial charge in [0.05, 0.1) is 47.3 Å². The minimum Gasteiger partial charge on any atom is -0.378 e. The van der Waals surface area contributed by atoms with Crippen LogP contribution in [0.3, 0.4) is 0 Å². The number of hydrogen-bond donors (Lipinski definition) is 1. The summed E-state index contributed by atoms with van der Waals surface area (Å²) in [5, 5.41) is 13.6. The fourth-order valence-electron chi connectivity index (χ4n) is 3.91. The summed E-state index contributed by atoms with van der Waals surface area (Å²) in [5.41, 5.74) is 2.02. The molecule has 0 aliphatic carbocycles. The molecule has 1 unspecified atom stereocenters. The molecule has 0 radical (unpaired) electrons. The molecule has 0 aromatic carbocycles. The first kappa shape index (κ1) is 19.0. The van der Waals surface area contributed by atoms with Gasteiger partial charge in [0, 0.05) is 32.4 Å². The van der Waals surface area contributed by atoms with Gasteiger partial charge in [-0.25, -0.2) is 15.0 Å². The number of thiazole rings is 1. The molecule has 2 aliphatic rings. The van der Waals surface area contributed by atoms with E-state index in [1.165, 1.54) is 0 Å². The average Bonchev–Trinajstić information content (AvgIpc) is 3.26. The zero-order valence-corrected chi connectivity index (χ0v) is 17.4. The highest BCUT2D eigenvalue weighted by atomic mass is 32.1. The molecule has 5 heterocycles. The largest absolute Gasteiger partial charge is 0.378 e. The summed E-state index contributed by atoms with van der Waals surface area (Å²) in [6.45, 7) is 4.98. The van der Waals surface area contributed by atoms with Gasteiger partial charge in [-0.2, -0.15) is 5.26 Å². The summed E-state index contributed by atoms with van der Waals surface area (Å²) in [5.74, 6) is 1.59. The van der Waals surface area contributed by atoms with Crippen molar-refractivity contribution in [3.63, 3.8) is 0 Å². The Bertz CT molecular complexity index is 1060. The molecule has 0 bridgehead atoms. The van der Waals surface area contributed by atoms with Gasteiger partial charge in [-0.15, -0.1) is 0 Å². The van der Waals surface area contributed by atoms with Crippen LogP contribution in [0.5, 0.6) is 0 Å². The second kappa shape index (κ2) is 8.42. The lowest BCUT2D eigenvalue weighted by Gasteiger charge is -2.28. The third-order valence-corrected chi connectivity index (χ3v) is 6.68. The smallest absolute Gasteiger partial charge is 0.186 e. The predicted molar refractivity (Wildman–Crippen MR) is 119 cm³/mol. The number of ether oxygens (including phenoxy) is 1. The number of fused-ring (bicyclic) bond motifs is 1. The molecule has 3 aromatic rings. The van der Waals surface area contributed by atoms with E-state index >= 15 is 0 Å². The first-order chi connectivity index (χ1) is 14.8. The molecule has 30 heavy (non-hydrogen) atoms. The van der Waals surface area contributed by atoms with Crippen LogP contribution in [0.2, 0.25) is 0 Å². The Kier molecular flexibility index (Phi) is 5.34. The van der Waals surface area contributed by atoms with Crippen LogP contribution < -0.4 is 15.1 Å². The number of piperidine rings is 1. The Balaban J connectivity index is 1.35. The van der Waals surface area contributed by atoms with E-state index in [2.05, 4.69) is 37.2 Å². The van der Waals surface area contributed by atoms with Crippen LogP contribution in [0.1, 0.15) is 12.8 Å². The van der Waals surface area contributed by atoms with Crippen LogP contribution in [-0.4, -0.2) is 54.3 Å². The number of pyridine rings is 2. The Morgan fingerprint density at radius 2 is 2.03 bits per heavy atom. The van der Waals surface area contributed by atoms with Crippen LogP contribution in [0, 0.1) is 17.2 Å². The molecule has 2 fully saturated rings. The van der Waals surface area contributed by atoms with Gasteiger partial charge in [-0.3, -0.25) is 0 Å². The van der Waals surface area contributed by atoms with E-state index in [0.29, 0.717) is 0 Å². The van der Waals surface area contributed by atoms with E-state index in [9.17, 15) is 5.26 Å². The number of morpholine rings is 1. The van der Waals surface area contributed by atoms with Crippen molar-refractivity contribution >= 4 is 44.0 Å². The maximum atomic E-state index is 9.28. The molecular weight excluding hydrogens is 398 g/mol. The molecule has 0 amide bonds. The molecule has 2 aliphatic heterocycles. The second-order valence-electron chi connectivity index (χ2n) is 7.54. The highest BCUT2D eigenvalue weighted by molar-refractivity contribution is 7.22. The maximum absolute atomic E-state index is 9.28. The summed E-state index contributed by atoms with van der Waals surface area (Å²) in [7, 11) is 0. The third-order valence-electron chi connectivity index (χ3n) is 5.54. The van der Waals surface area contributed by atoms with E-state index in [4.69, 9.17) is 9.72 Å². The molecule has 3 aromatic heterocycles. The van der Waals surface area contributed by atoms with E-state index in [1.807, 2.05) is 18.3 Å². The number of nitrogens with one attached hydrogen (secondary N) is 1. The van der Waals surface area contributed by atoms with Crippen LogP contribution in [0.25, 0.3) is 10.2 Å². The number of rotatable bonds is 4. The van der Waals surface area contributed by atoms with Crippen molar-refractivity contribution in [3.05, 3.63) is 30.6 Å². The molecule has 8 nitrogen and oxygen atoms in total. The number of nitriles is 1. The number of nitrogens with zero attached hydrogens (tertiary/aromatic N) is 6. The van der Waals surface area contributed by atoms with Gasteiger partial charge >= 0.3 is 0 Å². The summed E-state index contributed by atoms with van der Waals surface area (Å²) in [6.07, 6.45) is 5.65. The van der Waals surface area contributed by atoms with Crippen LogP contribution in [0.15, 0.2) is 30.6 Å². The summed E-state index contributed by atoms with van der Waals surface area (Å²) < 4.78 is 6.42. The fourth-order valence-corrected chi connectivity index (χ4v) is 4.95. The van der Waals surface area contributed by atoms with Gasteiger partial charge in [0.1, 0.15) is 5.82 Å². The number of anilines is 4. The molecule has 9 heteroatoms. The minimum atomic E-state index is 0.0793. The van der Waals surface area contributed by atoms with E-state index in [0.717, 1.165) is 84.9 Å². The first-order valence-electron chi connectivity index (χ1n) is 10.3. The monoisotopic (exact) mass is 421 g/mol. The van der Waals surface area contributed by atoms with Crippen molar-refractivity contribution in [2.75, 3.05) is 54.5 Å². The predicted octanol–water partition coefficient (Wildman–Crippen LogP) is 3.41. The zero-order chi connectivity index (χ0) is 20.3. The van der Waals surface area contributed by atoms with Crippen molar-refractivity contribution in [2.45, 2.75) is 12.8 Å². The Morgan fingerprint density at radius 3 is 2.83 bits per heavy atom. The van der Waals surface area contributed by atoms with Crippen molar-refractivity contribution in [2.24, 2.45) is 5.92 Å². The summed E-state index contributed by atoms with van der Waals surface area (Å²) in [6, 6.07) is 8.39. The summed E-state index contributed by atoms with van der Waals surface area (Å²) in [4.78, 5) is 18.4. The van der Waals surface area contributed by atoms with E-state index < -0.39 is 0 Å². The zero-order valence-electron chi connectivity index (χ0n) is 16.6. The highest BCUT2D eigenvalue weighted by Gasteiger charge is 2.23. The standard InChI is InChI=1S/C21H23N7OS/c22-12-15-2-1-7-28(14-15)21-25-17-5-6-23-20(19(17)30-21)26-18-4-3-16(13-24-18)27-8-10-29-11-9-27/h3-6,13,15H,1-2,7-11,14H2,(H,23,24,26). The lowest BCUT2D eigenvalue weighted by molar-refractivity contribution is 0.122. The van der Waals surface area contributed by atoms with E-state index in [1.54, 1.807) is 17.5 Å². The van der Waals surface area contributed by atoms with Gasteiger partial charge in [-0.05, 0) is 31.0 Å². The quantitative estimate of drug-likeness (QED) is 0.685. The van der Waals surface area contributed by atoms with Crippen molar-refractivity contribution in [3.8, 4) is 6.07 Å². The van der Waals surface area contributed by atoms with Crippen molar-refractivity contribution in [1.82, 2.24) is 15.0 Å². The lowest BCUT2D eigenvalue weighted by Crippen LogP contribution is -2.36. The van der Waals surface area contributed by atoms with Gasteiger partial charge in [0.2, 0.25) is 0 Å². The fraction of sp³-hybridized carbons (Fsp3) is 0.429. The summed E-state index contributed by atoms with van der Waals surface area (Å²) >= 11 is 1.62. The molecule has 1 atom stereocenters. The SMILES string of the molecule is N#CC1CCCN(c2nc3ccnc(Nc4ccc(N5CCOCC5)cn4)c3s2)C1. The van der Waals surface area contributed by atoms with Crippen LogP contribution >= 0.6 is 11.3 Å². The first-order valence-corrected chi connectivity index (χ1v) is 11.1. The van der Waals surface area contributed by atoms with E-state index in [-0.39, 0.29) is 5.92 Å². The third kappa shape index (κ3) is 3.88. The Morgan fingerprint density at radius 1 is 1.13 bits per heavy atom. The van der Waals surface area contributed by atoms with Crippen molar-refractivity contribution in [1.29, 1.82) is 5.26 Å². The van der Waals surface area contributed by atoms with Gasteiger partial charge in [0.15, 0.2) is 10.9 Å². The molecule has 1 N–H and O–H groups in total. The number of aromatic nitrogens is 3. The maximum Gasteiger partial charge on any atom is 0.186 e. The lowest BCUT2D eigenvalue weighted by atomic mass is 10.0. The normalized spacial score (nSPS) is 19.6. The minimum absolute atomic E-state index is 0.0793. The molecule has 2 saturated heterocycles. The van der Waals surface area contributed by atoms with Gasteiger partial charge < -0.3 is 19.9 Å². The highest BCUT2D eigenvalue weighted by Crippen LogP contribution is 2.35. The molecule has 0 saturated carbocycles.